The highest BCUT2D eigenvalue weighted by molar-refractivity contribution is 14.1. The number of nitrogens with one attached hydrogen (secondary N) is 1. The summed E-state index contributed by atoms with van der Waals surface area (Å²) in [6, 6.07) is 23.1. The number of anilines is 1. The van der Waals surface area contributed by atoms with Crippen molar-refractivity contribution < 1.29 is 9.53 Å². The van der Waals surface area contributed by atoms with E-state index in [0.29, 0.717) is 23.6 Å². The first-order valence-corrected chi connectivity index (χ1v) is 11.5. The molecular weight excluding hydrogens is 567 g/mol. The van der Waals surface area contributed by atoms with Gasteiger partial charge in [-0.15, -0.1) is 0 Å². The maximum atomic E-state index is 12.7. The van der Waals surface area contributed by atoms with E-state index >= 15 is 0 Å². The standard InChI is InChI=1S/C25H20BrIN2O2/c1-2-17-5-10-23(11-6-17)29-25(30)20(15-28)13-19-14-21(26)7-12-24(19)31-16-18-3-8-22(27)9-4-18/h3-14H,2,16H2,1H3,(H,29,30)/b20-13-. The number of hydrogen-bond acceptors (Lipinski definition) is 3. The lowest BCUT2D eigenvalue weighted by atomic mass is 10.1. The van der Waals surface area contributed by atoms with E-state index in [4.69, 9.17) is 4.74 Å². The fraction of sp³-hybridized carbons (Fsp3) is 0.120. The number of amides is 1. The Bertz CT molecular complexity index is 1130. The van der Waals surface area contributed by atoms with Crippen LogP contribution in [0.25, 0.3) is 6.08 Å². The van der Waals surface area contributed by atoms with Gasteiger partial charge < -0.3 is 10.1 Å². The van der Waals surface area contributed by atoms with Crippen LogP contribution in [0, 0.1) is 14.9 Å². The van der Waals surface area contributed by atoms with E-state index in [-0.39, 0.29) is 5.57 Å². The van der Waals surface area contributed by atoms with Crippen molar-refractivity contribution in [1.29, 1.82) is 5.26 Å². The van der Waals surface area contributed by atoms with Gasteiger partial charge in [-0.3, -0.25) is 4.79 Å². The van der Waals surface area contributed by atoms with Gasteiger partial charge in [0.15, 0.2) is 0 Å². The average molecular weight is 587 g/mol. The third kappa shape index (κ3) is 6.68. The fourth-order valence-electron chi connectivity index (χ4n) is 2.83. The van der Waals surface area contributed by atoms with Crippen LogP contribution in [-0.2, 0) is 17.8 Å². The molecule has 0 fully saturated rings. The molecule has 0 bridgehead atoms. The Morgan fingerprint density at radius 3 is 2.42 bits per heavy atom. The molecule has 6 heteroatoms. The minimum atomic E-state index is -0.463. The van der Waals surface area contributed by atoms with E-state index in [1.54, 1.807) is 6.08 Å². The molecule has 0 aliphatic heterocycles. The minimum Gasteiger partial charge on any atom is -0.488 e. The summed E-state index contributed by atoms with van der Waals surface area (Å²) in [5.41, 5.74) is 3.50. The van der Waals surface area contributed by atoms with Crippen molar-refractivity contribution in [3.05, 3.63) is 97.0 Å². The third-order valence-corrected chi connectivity index (χ3v) is 5.78. The molecule has 0 aliphatic carbocycles. The van der Waals surface area contributed by atoms with Crippen LogP contribution < -0.4 is 10.1 Å². The first kappa shape index (κ1) is 23.0. The molecular formula is C25H20BrIN2O2. The molecule has 0 saturated heterocycles. The van der Waals surface area contributed by atoms with E-state index in [1.807, 2.05) is 72.8 Å². The highest BCUT2D eigenvalue weighted by atomic mass is 127. The average Bonchev–Trinajstić information content (AvgIpc) is 2.78. The lowest BCUT2D eigenvalue weighted by Crippen LogP contribution is -2.13. The molecule has 0 aromatic heterocycles. The molecule has 0 radical (unpaired) electrons. The van der Waals surface area contributed by atoms with Crippen LogP contribution in [0.2, 0.25) is 0 Å². The van der Waals surface area contributed by atoms with Crippen LogP contribution in [-0.4, -0.2) is 5.91 Å². The Kier molecular flexibility index (Phi) is 8.27. The summed E-state index contributed by atoms with van der Waals surface area (Å²) in [7, 11) is 0. The number of benzene rings is 3. The lowest BCUT2D eigenvalue weighted by Gasteiger charge is -2.11. The van der Waals surface area contributed by atoms with E-state index in [2.05, 4.69) is 50.8 Å². The van der Waals surface area contributed by atoms with Crippen molar-refractivity contribution in [2.24, 2.45) is 0 Å². The van der Waals surface area contributed by atoms with Gasteiger partial charge in [0.05, 0.1) is 0 Å². The minimum absolute atomic E-state index is 0.00298. The lowest BCUT2D eigenvalue weighted by molar-refractivity contribution is -0.112. The largest absolute Gasteiger partial charge is 0.488 e. The van der Waals surface area contributed by atoms with Crippen molar-refractivity contribution in [3.63, 3.8) is 0 Å². The summed E-state index contributed by atoms with van der Waals surface area (Å²) in [5, 5.41) is 12.4. The highest BCUT2D eigenvalue weighted by Crippen LogP contribution is 2.27. The molecule has 1 amide bonds. The smallest absolute Gasteiger partial charge is 0.266 e. The molecule has 4 nitrogen and oxygen atoms in total. The maximum Gasteiger partial charge on any atom is 0.266 e. The molecule has 3 aromatic rings. The van der Waals surface area contributed by atoms with Crippen molar-refractivity contribution in [2.75, 3.05) is 5.32 Å². The van der Waals surface area contributed by atoms with Gasteiger partial charge in [-0.1, -0.05) is 47.1 Å². The predicted molar refractivity (Wildman–Crippen MR) is 136 cm³/mol. The monoisotopic (exact) mass is 586 g/mol. The Morgan fingerprint density at radius 1 is 1.10 bits per heavy atom. The van der Waals surface area contributed by atoms with Gasteiger partial charge >= 0.3 is 0 Å². The highest BCUT2D eigenvalue weighted by Gasteiger charge is 2.12. The number of carbonyl (C=O) groups excluding carboxylic acids is 1. The predicted octanol–water partition coefficient (Wildman–Crippen LogP) is 6.74. The van der Waals surface area contributed by atoms with Crippen LogP contribution in [0.4, 0.5) is 5.69 Å². The van der Waals surface area contributed by atoms with Gasteiger partial charge in [0.25, 0.3) is 5.91 Å². The molecule has 0 aliphatic rings. The molecule has 0 heterocycles. The fourth-order valence-corrected chi connectivity index (χ4v) is 3.57. The van der Waals surface area contributed by atoms with E-state index in [1.165, 1.54) is 5.56 Å². The molecule has 0 atom stereocenters. The van der Waals surface area contributed by atoms with Crippen LogP contribution in [0.5, 0.6) is 5.75 Å². The summed E-state index contributed by atoms with van der Waals surface area (Å²) in [5.74, 6) is 0.130. The molecule has 0 saturated carbocycles. The second-order valence-corrected chi connectivity index (χ2v) is 8.93. The molecule has 1 N–H and O–H groups in total. The molecule has 3 rings (SSSR count). The molecule has 0 spiro atoms. The van der Waals surface area contributed by atoms with E-state index in [9.17, 15) is 10.1 Å². The third-order valence-electron chi connectivity index (χ3n) is 4.56. The van der Waals surface area contributed by atoms with Crippen molar-refractivity contribution in [3.8, 4) is 11.8 Å². The summed E-state index contributed by atoms with van der Waals surface area (Å²) in [6.45, 7) is 2.46. The number of ether oxygens (including phenoxy) is 1. The maximum absolute atomic E-state index is 12.7. The Hall–Kier alpha value is -2.63. The van der Waals surface area contributed by atoms with Crippen LogP contribution in [0.3, 0.4) is 0 Å². The van der Waals surface area contributed by atoms with Gasteiger partial charge in [0.2, 0.25) is 0 Å². The van der Waals surface area contributed by atoms with Gasteiger partial charge in [-0.2, -0.15) is 5.26 Å². The molecule has 31 heavy (non-hydrogen) atoms. The normalized spacial score (nSPS) is 11.0. The quantitative estimate of drug-likeness (QED) is 0.189. The van der Waals surface area contributed by atoms with Gasteiger partial charge in [0.1, 0.15) is 24.0 Å². The summed E-state index contributed by atoms with van der Waals surface area (Å²) < 4.78 is 7.96. The number of hydrogen-bond donors (Lipinski definition) is 1. The first-order valence-electron chi connectivity index (χ1n) is 9.67. The molecule has 3 aromatic carbocycles. The van der Waals surface area contributed by atoms with Gasteiger partial charge in [0, 0.05) is 19.3 Å². The van der Waals surface area contributed by atoms with E-state index in [0.717, 1.165) is 20.0 Å². The topological polar surface area (TPSA) is 62.1 Å². The number of rotatable bonds is 7. The molecule has 156 valence electrons. The zero-order valence-electron chi connectivity index (χ0n) is 16.9. The summed E-state index contributed by atoms with van der Waals surface area (Å²) in [4.78, 5) is 12.7. The zero-order valence-corrected chi connectivity index (χ0v) is 20.6. The SMILES string of the molecule is CCc1ccc(NC(=O)/C(C#N)=C\c2cc(Br)ccc2OCc2ccc(I)cc2)cc1. The second-order valence-electron chi connectivity index (χ2n) is 6.77. The first-order chi connectivity index (χ1) is 15.0. The van der Waals surface area contributed by atoms with Gasteiger partial charge in [-0.05, 0) is 88.7 Å². The van der Waals surface area contributed by atoms with E-state index < -0.39 is 5.91 Å². The van der Waals surface area contributed by atoms with Crippen molar-refractivity contribution in [1.82, 2.24) is 0 Å². The number of aryl methyl sites for hydroxylation is 1. The Labute approximate surface area is 204 Å². The second kappa shape index (κ2) is 11.1. The van der Waals surface area contributed by atoms with Crippen LogP contribution >= 0.6 is 38.5 Å². The number of carbonyl (C=O) groups is 1. The summed E-state index contributed by atoms with van der Waals surface area (Å²) >= 11 is 5.71. The van der Waals surface area contributed by atoms with Crippen LogP contribution in [0.1, 0.15) is 23.6 Å². The zero-order chi connectivity index (χ0) is 22.2. The Morgan fingerprint density at radius 2 is 1.77 bits per heavy atom. The van der Waals surface area contributed by atoms with Crippen molar-refractivity contribution in [2.45, 2.75) is 20.0 Å². The number of nitrogens with zero attached hydrogens (tertiary/aromatic N) is 1. The van der Waals surface area contributed by atoms with Gasteiger partial charge in [-0.25, -0.2) is 0 Å². The summed E-state index contributed by atoms with van der Waals surface area (Å²) in [6.07, 6.45) is 2.47. The van der Waals surface area contributed by atoms with Crippen LogP contribution in [0.15, 0.2) is 76.8 Å². The number of halogens is 2. The number of nitriles is 1. The van der Waals surface area contributed by atoms with Crippen molar-refractivity contribution >= 4 is 56.2 Å². The molecule has 0 unspecified atom stereocenters. The Balaban J connectivity index is 1.80.